The Bertz CT molecular complexity index is 1040. The maximum absolute atomic E-state index is 12.7. The van der Waals surface area contributed by atoms with Crippen molar-refractivity contribution in [3.8, 4) is 11.1 Å². The van der Waals surface area contributed by atoms with Crippen LogP contribution in [0.5, 0.6) is 0 Å². The first-order chi connectivity index (χ1) is 15.1. The van der Waals surface area contributed by atoms with E-state index in [9.17, 15) is 9.59 Å². The van der Waals surface area contributed by atoms with Gasteiger partial charge in [0, 0.05) is 29.6 Å². The molecular formula is C26H27N3O2. The van der Waals surface area contributed by atoms with Crippen LogP contribution < -0.4 is 10.6 Å². The van der Waals surface area contributed by atoms with Gasteiger partial charge in [-0.25, -0.2) is 0 Å². The van der Waals surface area contributed by atoms with Gasteiger partial charge in [0.2, 0.25) is 0 Å². The molecule has 1 atom stereocenters. The number of nitrogens with one attached hydrogen (secondary N) is 2. The minimum absolute atomic E-state index is 0.0426. The van der Waals surface area contributed by atoms with Crippen molar-refractivity contribution in [2.75, 3.05) is 0 Å². The summed E-state index contributed by atoms with van der Waals surface area (Å²) >= 11 is 0. The normalized spacial score (nSPS) is 14.7. The molecule has 1 aliphatic carbocycles. The minimum Gasteiger partial charge on any atom is -0.349 e. The minimum atomic E-state index is -0.216. The highest BCUT2D eigenvalue weighted by Crippen LogP contribution is 2.21. The molecule has 4 rings (SSSR count). The summed E-state index contributed by atoms with van der Waals surface area (Å²) < 4.78 is 0. The molecule has 0 radical (unpaired) electrons. The maximum Gasteiger partial charge on any atom is 0.251 e. The third-order valence-corrected chi connectivity index (χ3v) is 5.85. The fourth-order valence-corrected chi connectivity index (χ4v) is 4.01. The zero-order valence-corrected chi connectivity index (χ0v) is 17.7. The molecule has 2 N–H and O–H groups in total. The lowest BCUT2D eigenvalue weighted by molar-refractivity contribution is 0.0933. The Balaban J connectivity index is 1.40. The van der Waals surface area contributed by atoms with Crippen LogP contribution in [-0.2, 0) is 0 Å². The molecule has 1 saturated carbocycles. The van der Waals surface area contributed by atoms with Gasteiger partial charge in [-0.3, -0.25) is 14.6 Å². The second-order valence-electron chi connectivity index (χ2n) is 8.09. The summed E-state index contributed by atoms with van der Waals surface area (Å²) in [7, 11) is 0. The second-order valence-corrected chi connectivity index (χ2v) is 8.09. The third kappa shape index (κ3) is 5.18. The van der Waals surface area contributed by atoms with Crippen molar-refractivity contribution in [2.24, 2.45) is 0 Å². The van der Waals surface area contributed by atoms with Gasteiger partial charge in [-0.05, 0) is 72.9 Å². The lowest BCUT2D eigenvalue weighted by Gasteiger charge is -2.17. The Morgan fingerprint density at radius 3 is 2.26 bits per heavy atom. The quantitative estimate of drug-likeness (QED) is 0.603. The molecule has 1 fully saturated rings. The molecule has 31 heavy (non-hydrogen) atoms. The van der Waals surface area contributed by atoms with Crippen LogP contribution in [0, 0.1) is 0 Å². The van der Waals surface area contributed by atoms with Crippen LogP contribution in [0.25, 0.3) is 11.1 Å². The Hall–Kier alpha value is -3.47. The van der Waals surface area contributed by atoms with E-state index in [4.69, 9.17) is 0 Å². The lowest BCUT2D eigenvalue weighted by Crippen LogP contribution is -2.32. The molecule has 158 valence electrons. The van der Waals surface area contributed by atoms with Crippen molar-refractivity contribution in [1.82, 2.24) is 15.6 Å². The predicted molar refractivity (Wildman–Crippen MR) is 122 cm³/mol. The zero-order valence-electron chi connectivity index (χ0n) is 17.7. The van der Waals surface area contributed by atoms with Crippen LogP contribution in [0.2, 0.25) is 0 Å². The van der Waals surface area contributed by atoms with Crippen molar-refractivity contribution in [3.63, 3.8) is 0 Å². The third-order valence-electron chi connectivity index (χ3n) is 5.85. The summed E-state index contributed by atoms with van der Waals surface area (Å²) in [5.41, 5.74) is 4.23. The Labute approximate surface area is 182 Å². The summed E-state index contributed by atoms with van der Waals surface area (Å²) in [6.45, 7) is 1.93. The molecule has 0 aliphatic heterocycles. The van der Waals surface area contributed by atoms with Crippen LogP contribution in [0.4, 0.5) is 0 Å². The number of aromatic nitrogens is 1. The number of hydrogen-bond donors (Lipinski definition) is 2. The van der Waals surface area contributed by atoms with Crippen LogP contribution in [0.3, 0.4) is 0 Å². The van der Waals surface area contributed by atoms with E-state index in [0.717, 1.165) is 29.5 Å². The number of benzene rings is 2. The summed E-state index contributed by atoms with van der Waals surface area (Å²) in [5.74, 6) is -0.187. The number of carbonyl (C=O) groups excluding carboxylic acids is 2. The molecule has 2 aromatic carbocycles. The number of carbonyl (C=O) groups is 2. The van der Waals surface area contributed by atoms with E-state index >= 15 is 0 Å². The number of hydrogen-bond acceptors (Lipinski definition) is 3. The summed E-state index contributed by atoms with van der Waals surface area (Å²) in [6.07, 6.45) is 7.96. The first kappa shape index (κ1) is 20.8. The summed E-state index contributed by atoms with van der Waals surface area (Å²) in [4.78, 5) is 29.3. The number of nitrogens with zero attached hydrogens (tertiary/aromatic N) is 1. The van der Waals surface area contributed by atoms with Gasteiger partial charge >= 0.3 is 0 Å². The topological polar surface area (TPSA) is 71.1 Å². The lowest BCUT2D eigenvalue weighted by atomic mass is 10.0. The average Bonchev–Trinajstić information content (AvgIpc) is 3.33. The fraction of sp³-hybridized carbons (Fsp3) is 0.269. The van der Waals surface area contributed by atoms with E-state index in [2.05, 4.69) is 15.6 Å². The van der Waals surface area contributed by atoms with Crippen molar-refractivity contribution >= 4 is 11.8 Å². The van der Waals surface area contributed by atoms with Gasteiger partial charge in [-0.15, -0.1) is 0 Å². The highest BCUT2D eigenvalue weighted by Gasteiger charge is 2.19. The molecule has 1 heterocycles. The fourth-order valence-electron chi connectivity index (χ4n) is 4.01. The molecule has 2 amide bonds. The van der Waals surface area contributed by atoms with Gasteiger partial charge in [-0.2, -0.15) is 0 Å². The van der Waals surface area contributed by atoms with E-state index in [-0.39, 0.29) is 23.9 Å². The van der Waals surface area contributed by atoms with Gasteiger partial charge in [0.05, 0.1) is 6.04 Å². The Morgan fingerprint density at radius 2 is 1.55 bits per heavy atom. The van der Waals surface area contributed by atoms with Gasteiger partial charge in [0.1, 0.15) is 0 Å². The molecule has 5 heteroatoms. The molecule has 0 saturated heterocycles. The van der Waals surface area contributed by atoms with Gasteiger partial charge in [-0.1, -0.05) is 37.1 Å². The first-order valence-corrected chi connectivity index (χ1v) is 10.8. The zero-order chi connectivity index (χ0) is 21.6. The molecule has 3 aromatic rings. The van der Waals surface area contributed by atoms with Crippen molar-refractivity contribution in [2.45, 2.75) is 44.7 Å². The molecule has 0 bridgehead atoms. The number of rotatable bonds is 6. The summed E-state index contributed by atoms with van der Waals surface area (Å²) in [5, 5.41) is 6.15. The Kier molecular flexibility index (Phi) is 6.41. The Morgan fingerprint density at radius 1 is 0.871 bits per heavy atom. The SMILES string of the molecule is C[C@@H](NC(=O)c1ccc(-c2ccncc2)cc1)c1cccc(C(=O)NC2CCCC2)c1. The molecule has 0 spiro atoms. The van der Waals surface area contributed by atoms with E-state index in [1.165, 1.54) is 12.8 Å². The average molecular weight is 414 g/mol. The first-order valence-electron chi connectivity index (χ1n) is 10.8. The van der Waals surface area contributed by atoms with Crippen LogP contribution in [0.1, 0.15) is 64.9 Å². The van der Waals surface area contributed by atoms with E-state index < -0.39 is 0 Å². The largest absolute Gasteiger partial charge is 0.349 e. The molecule has 1 aliphatic rings. The van der Waals surface area contributed by atoms with E-state index in [1.54, 1.807) is 12.4 Å². The predicted octanol–water partition coefficient (Wildman–Crippen LogP) is 4.91. The van der Waals surface area contributed by atoms with Crippen LogP contribution in [-0.4, -0.2) is 22.8 Å². The number of pyridine rings is 1. The van der Waals surface area contributed by atoms with E-state index in [1.807, 2.05) is 67.6 Å². The highest BCUT2D eigenvalue weighted by molar-refractivity contribution is 5.96. The van der Waals surface area contributed by atoms with Gasteiger partial charge in [0.15, 0.2) is 0 Å². The smallest absolute Gasteiger partial charge is 0.251 e. The van der Waals surface area contributed by atoms with Crippen LogP contribution in [0.15, 0.2) is 73.1 Å². The summed E-state index contributed by atoms with van der Waals surface area (Å²) in [6, 6.07) is 18.9. The molecule has 0 unspecified atom stereocenters. The monoisotopic (exact) mass is 413 g/mol. The highest BCUT2D eigenvalue weighted by atomic mass is 16.2. The standard InChI is InChI=1S/C26H27N3O2/c1-18(22-5-4-6-23(17-22)26(31)29-24-7-2-3-8-24)28-25(30)21-11-9-19(10-12-21)20-13-15-27-16-14-20/h4-6,9-18,24H,2-3,7-8H2,1H3,(H,28,30)(H,29,31)/t18-/m1/s1. The van der Waals surface area contributed by atoms with Gasteiger partial charge in [0.25, 0.3) is 11.8 Å². The molecule has 1 aromatic heterocycles. The number of amides is 2. The molecule has 5 nitrogen and oxygen atoms in total. The van der Waals surface area contributed by atoms with Crippen molar-refractivity contribution in [1.29, 1.82) is 0 Å². The van der Waals surface area contributed by atoms with Crippen molar-refractivity contribution in [3.05, 3.63) is 89.7 Å². The maximum atomic E-state index is 12.7. The van der Waals surface area contributed by atoms with Gasteiger partial charge < -0.3 is 10.6 Å². The van der Waals surface area contributed by atoms with Crippen molar-refractivity contribution < 1.29 is 9.59 Å². The second kappa shape index (κ2) is 9.56. The van der Waals surface area contributed by atoms with E-state index in [0.29, 0.717) is 11.1 Å². The molecular weight excluding hydrogens is 386 g/mol. The van der Waals surface area contributed by atoms with Crippen LogP contribution >= 0.6 is 0 Å².